The minimum absolute atomic E-state index is 0.0289. The lowest BCUT2D eigenvalue weighted by Gasteiger charge is -2.09. The van der Waals surface area contributed by atoms with E-state index in [2.05, 4.69) is 5.32 Å². The summed E-state index contributed by atoms with van der Waals surface area (Å²) in [6, 6.07) is 4.94. The summed E-state index contributed by atoms with van der Waals surface area (Å²) in [5.74, 6) is -0.257. The minimum Gasteiger partial charge on any atom is -0.478 e. The monoisotopic (exact) mass is 281 g/mol. The number of hydrogen-bond donors (Lipinski definition) is 2. The predicted molar refractivity (Wildman–Crippen MR) is 76.7 cm³/mol. The summed E-state index contributed by atoms with van der Waals surface area (Å²) >= 11 is 1.36. The lowest BCUT2D eigenvalue weighted by Crippen LogP contribution is -2.28. The zero-order valence-electron chi connectivity index (χ0n) is 11.4. The zero-order chi connectivity index (χ0) is 14.4. The van der Waals surface area contributed by atoms with Crippen molar-refractivity contribution in [2.45, 2.75) is 25.7 Å². The number of nitrogens with one attached hydrogen (secondary N) is 1. The molecule has 104 valence electrons. The number of aryl methyl sites for hydroxylation is 1. The van der Waals surface area contributed by atoms with Crippen molar-refractivity contribution in [2.24, 2.45) is 5.92 Å². The molecule has 0 aliphatic carbocycles. The van der Waals surface area contributed by atoms with Crippen LogP contribution in [0.25, 0.3) is 0 Å². The van der Waals surface area contributed by atoms with Gasteiger partial charge in [-0.2, -0.15) is 0 Å². The van der Waals surface area contributed by atoms with Crippen molar-refractivity contribution in [1.29, 1.82) is 0 Å². The third-order valence-corrected chi connectivity index (χ3v) is 3.66. The summed E-state index contributed by atoms with van der Waals surface area (Å²) < 4.78 is 0. The Labute approximate surface area is 117 Å². The third-order valence-electron chi connectivity index (χ3n) is 2.50. The molecule has 0 saturated carbocycles. The molecule has 0 bridgehead atoms. The molecule has 0 saturated heterocycles. The van der Waals surface area contributed by atoms with E-state index in [1.165, 1.54) is 11.8 Å². The second-order valence-electron chi connectivity index (χ2n) is 4.77. The first-order chi connectivity index (χ1) is 8.90. The maximum atomic E-state index is 11.6. The molecule has 0 aromatic heterocycles. The number of carbonyl (C=O) groups is 2. The molecule has 5 heteroatoms. The molecule has 19 heavy (non-hydrogen) atoms. The van der Waals surface area contributed by atoms with E-state index in [0.29, 0.717) is 18.2 Å². The molecule has 1 rings (SSSR count). The van der Waals surface area contributed by atoms with Crippen molar-refractivity contribution in [3.8, 4) is 0 Å². The van der Waals surface area contributed by atoms with E-state index in [1.54, 1.807) is 18.2 Å². The van der Waals surface area contributed by atoms with Gasteiger partial charge < -0.3 is 10.4 Å². The topological polar surface area (TPSA) is 66.4 Å². The van der Waals surface area contributed by atoms with Crippen molar-refractivity contribution < 1.29 is 14.7 Å². The maximum Gasteiger partial charge on any atom is 0.335 e. The molecule has 1 amide bonds. The first-order valence-electron chi connectivity index (χ1n) is 6.13. The zero-order valence-corrected chi connectivity index (χ0v) is 12.2. The highest BCUT2D eigenvalue weighted by Crippen LogP contribution is 2.23. The van der Waals surface area contributed by atoms with Crippen LogP contribution in [0.2, 0.25) is 0 Å². The van der Waals surface area contributed by atoms with Crippen LogP contribution in [0.1, 0.15) is 29.8 Å². The van der Waals surface area contributed by atoms with Gasteiger partial charge in [-0.15, -0.1) is 11.8 Å². The number of carboxylic acid groups (broad SMARTS) is 1. The Kier molecular flexibility index (Phi) is 5.89. The van der Waals surface area contributed by atoms with Crippen molar-refractivity contribution in [3.05, 3.63) is 29.3 Å². The van der Waals surface area contributed by atoms with Crippen LogP contribution in [0.4, 0.5) is 0 Å². The van der Waals surface area contributed by atoms with Gasteiger partial charge in [0.1, 0.15) is 0 Å². The molecular formula is C14H19NO3S. The van der Waals surface area contributed by atoms with E-state index in [-0.39, 0.29) is 11.5 Å². The molecule has 0 heterocycles. The lowest BCUT2D eigenvalue weighted by atomic mass is 10.1. The standard InChI is InChI=1S/C14H19NO3S/c1-9(2)7-15-13(16)8-19-12-6-11(14(17)18)5-4-10(12)3/h4-6,9H,7-8H2,1-3H3,(H,15,16)(H,17,18). The molecule has 0 radical (unpaired) electrons. The van der Waals surface area contributed by atoms with E-state index >= 15 is 0 Å². The maximum absolute atomic E-state index is 11.6. The average Bonchev–Trinajstić information content (AvgIpc) is 2.35. The highest BCUT2D eigenvalue weighted by molar-refractivity contribution is 8.00. The fraction of sp³-hybridized carbons (Fsp3) is 0.429. The smallest absolute Gasteiger partial charge is 0.335 e. The van der Waals surface area contributed by atoms with Gasteiger partial charge in [-0.3, -0.25) is 4.79 Å². The molecule has 1 aromatic rings. The van der Waals surface area contributed by atoms with Crippen LogP contribution in [0.5, 0.6) is 0 Å². The molecule has 0 atom stereocenters. The van der Waals surface area contributed by atoms with Crippen LogP contribution in [-0.2, 0) is 4.79 Å². The number of carboxylic acids is 1. The Morgan fingerprint density at radius 3 is 2.63 bits per heavy atom. The van der Waals surface area contributed by atoms with E-state index in [4.69, 9.17) is 5.11 Å². The quantitative estimate of drug-likeness (QED) is 0.786. The molecule has 0 spiro atoms. The van der Waals surface area contributed by atoms with E-state index in [1.807, 2.05) is 20.8 Å². The predicted octanol–water partition coefficient (Wildman–Crippen LogP) is 2.56. The molecule has 1 aromatic carbocycles. The molecule has 0 aliphatic rings. The van der Waals surface area contributed by atoms with Gasteiger partial charge in [0.05, 0.1) is 11.3 Å². The number of thioether (sulfide) groups is 1. The second kappa shape index (κ2) is 7.19. The fourth-order valence-electron chi connectivity index (χ4n) is 1.40. The molecule has 0 unspecified atom stereocenters. The minimum atomic E-state index is -0.953. The van der Waals surface area contributed by atoms with Crippen LogP contribution in [0.15, 0.2) is 23.1 Å². The summed E-state index contributed by atoms with van der Waals surface area (Å²) in [5.41, 5.74) is 1.22. The number of aromatic carboxylic acids is 1. The Morgan fingerprint density at radius 2 is 2.05 bits per heavy atom. The first-order valence-corrected chi connectivity index (χ1v) is 7.12. The Hall–Kier alpha value is -1.49. The second-order valence-corrected chi connectivity index (χ2v) is 5.79. The van der Waals surface area contributed by atoms with E-state index in [0.717, 1.165) is 10.5 Å². The van der Waals surface area contributed by atoms with Gasteiger partial charge in [-0.25, -0.2) is 4.79 Å². The van der Waals surface area contributed by atoms with Gasteiger partial charge in [-0.05, 0) is 30.5 Å². The van der Waals surface area contributed by atoms with Crippen LogP contribution in [0.3, 0.4) is 0 Å². The summed E-state index contributed by atoms with van der Waals surface area (Å²) in [6.45, 7) is 6.63. The molecule has 0 fully saturated rings. The Morgan fingerprint density at radius 1 is 1.37 bits per heavy atom. The summed E-state index contributed by atoms with van der Waals surface area (Å²) in [6.07, 6.45) is 0. The highest BCUT2D eigenvalue weighted by Gasteiger charge is 2.09. The van der Waals surface area contributed by atoms with Crippen molar-refractivity contribution in [2.75, 3.05) is 12.3 Å². The fourth-order valence-corrected chi connectivity index (χ4v) is 2.30. The van der Waals surface area contributed by atoms with Gasteiger partial charge in [0, 0.05) is 11.4 Å². The number of rotatable bonds is 6. The summed E-state index contributed by atoms with van der Waals surface area (Å²) in [5, 5.41) is 11.8. The average molecular weight is 281 g/mol. The number of benzene rings is 1. The molecular weight excluding hydrogens is 262 g/mol. The van der Waals surface area contributed by atoms with E-state index in [9.17, 15) is 9.59 Å². The highest BCUT2D eigenvalue weighted by atomic mass is 32.2. The number of hydrogen-bond acceptors (Lipinski definition) is 3. The van der Waals surface area contributed by atoms with Gasteiger partial charge >= 0.3 is 5.97 Å². The normalized spacial score (nSPS) is 10.5. The number of carbonyl (C=O) groups excluding carboxylic acids is 1. The third kappa shape index (κ3) is 5.34. The molecule has 4 nitrogen and oxygen atoms in total. The first kappa shape index (κ1) is 15.6. The Bertz CT molecular complexity index is 472. The molecule has 0 aliphatic heterocycles. The van der Waals surface area contributed by atoms with Gasteiger partial charge in [0.2, 0.25) is 5.91 Å². The van der Waals surface area contributed by atoms with Gasteiger partial charge in [-0.1, -0.05) is 19.9 Å². The van der Waals surface area contributed by atoms with Crippen molar-refractivity contribution in [3.63, 3.8) is 0 Å². The lowest BCUT2D eigenvalue weighted by molar-refractivity contribution is -0.118. The largest absolute Gasteiger partial charge is 0.478 e. The Balaban J connectivity index is 2.59. The van der Waals surface area contributed by atoms with Crippen LogP contribution in [-0.4, -0.2) is 29.3 Å². The van der Waals surface area contributed by atoms with Crippen LogP contribution in [0, 0.1) is 12.8 Å². The SMILES string of the molecule is Cc1ccc(C(=O)O)cc1SCC(=O)NCC(C)C. The van der Waals surface area contributed by atoms with Crippen LogP contribution < -0.4 is 5.32 Å². The summed E-state index contributed by atoms with van der Waals surface area (Å²) in [7, 11) is 0. The van der Waals surface area contributed by atoms with Gasteiger partial charge in [0.15, 0.2) is 0 Å². The van der Waals surface area contributed by atoms with E-state index < -0.39 is 5.97 Å². The summed E-state index contributed by atoms with van der Waals surface area (Å²) in [4.78, 5) is 23.3. The van der Waals surface area contributed by atoms with Gasteiger partial charge in [0.25, 0.3) is 0 Å². The molecule has 2 N–H and O–H groups in total. The number of amides is 1. The van der Waals surface area contributed by atoms with Crippen molar-refractivity contribution >= 4 is 23.6 Å². The van der Waals surface area contributed by atoms with Crippen molar-refractivity contribution in [1.82, 2.24) is 5.32 Å². The van der Waals surface area contributed by atoms with Crippen LogP contribution >= 0.6 is 11.8 Å².